The zero-order valence-corrected chi connectivity index (χ0v) is 10.4. The molecule has 0 unspecified atom stereocenters. The number of carbonyl (C=O) groups excluding carboxylic acids is 2. The van der Waals surface area contributed by atoms with Crippen LogP contribution in [0.25, 0.3) is 0 Å². The molecule has 1 heterocycles. The second-order valence-electron chi connectivity index (χ2n) is 4.46. The van der Waals surface area contributed by atoms with Crippen molar-refractivity contribution in [3.8, 4) is 0 Å². The molecule has 0 radical (unpaired) electrons. The lowest BCUT2D eigenvalue weighted by Gasteiger charge is -2.37. The van der Waals surface area contributed by atoms with Crippen molar-refractivity contribution < 1.29 is 19.5 Å². The topological polar surface area (TPSA) is 98.7 Å². The van der Waals surface area contributed by atoms with E-state index in [1.54, 1.807) is 0 Å². The molecule has 1 saturated heterocycles. The number of likely N-dealkylation sites (tertiary alicyclic amines) is 1. The van der Waals surface area contributed by atoms with Gasteiger partial charge in [-0.3, -0.25) is 19.8 Å². The SMILES string of the molecule is CCCNC(=O)NC(=O)CN1CC(CC(=O)O)C1. The average molecular weight is 257 g/mol. The fourth-order valence-electron chi connectivity index (χ4n) is 1.83. The fraction of sp³-hybridized carbons (Fsp3) is 0.727. The Hall–Kier alpha value is -1.63. The van der Waals surface area contributed by atoms with Gasteiger partial charge in [-0.25, -0.2) is 4.79 Å². The molecule has 0 aliphatic carbocycles. The first-order valence-corrected chi connectivity index (χ1v) is 6.03. The van der Waals surface area contributed by atoms with Crippen LogP contribution >= 0.6 is 0 Å². The standard InChI is InChI=1S/C11H19N3O4/c1-2-3-12-11(18)13-9(15)7-14-5-8(6-14)4-10(16)17/h8H,2-7H2,1H3,(H,16,17)(H2,12,13,15,18). The molecule has 0 aromatic heterocycles. The van der Waals surface area contributed by atoms with Crippen molar-refractivity contribution in [3.05, 3.63) is 0 Å². The van der Waals surface area contributed by atoms with E-state index < -0.39 is 12.0 Å². The van der Waals surface area contributed by atoms with Gasteiger partial charge >= 0.3 is 12.0 Å². The molecule has 18 heavy (non-hydrogen) atoms. The van der Waals surface area contributed by atoms with Crippen molar-refractivity contribution in [2.45, 2.75) is 19.8 Å². The van der Waals surface area contributed by atoms with Crippen molar-refractivity contribution in [3.63, 3.8) is 0 Å². The van der Waals surface area contributed by atoms with Crippen LogP contribution in [0.3, 0.4) is 0 Å². The molecule has 0 aromatic carbocycles. The van der Waals surface area contributed by atoms with Gasteiger partial charge in [0.2, 0.25) is 5.91 Å². The lowest BCUT2D eigenvalue weighted by Crippen LogP contribution is -2.52. The quantitative estimate of drug-likeness (QED) is 0.603. The molecule has 1 aliphatic heterocycles. The number of hydrogen-bond acceptors (Lipinski definition) is 4. The molecule has 7 nitrogen and oxygen atoms in total. The van der Waals surface area contributed by atoms with Crippen molar-refractivity contribution in [1.82, 2.24) is 15.5 Å². The first-order chi connectivity index (χ1) is 8.51. The van der Waals surface area contributed by atoms with Gasteiger partial charge < -0.3 is 10.4 Å². The van der Waals surface area contributed by atoms with E-state index in [0.29, 0.717) is 19.6 Å². The summed E-state index contributed by atoms with van der Waals surface area (Å²) in [5.74, 6) is -1.07. The molecule has 3 amide bonds. The first kappa shape index (κ1) is 14.4. The Bertz CT molecular complexity index is 326. The first-order valence-electron chi connectivity index (χ1n) is 6.03. The molecule has 0 atom stereocenters. The number of urea groups is 1. The summed E-state index contributed by atoms with van der Waals surface area (Å²) >= 11 is 0. The summed E-state index contributed by atoms with van der Waals surface area (Å²) in [6.07, 6.45) is 0.944. The Balaban J connectivity index is 2.11. The third kappa shape index (κ3) is 5.13. The van der Waals surface area contributed by atoms with Crippen LogP contribution in [-0.4, -0.2) is 54.1 Å². The van der Waals surface area contributed by atoms with Crippen LogP contribution in [0.1, 0.15) is 19.8 Å². The number of amides is 3. The summed E-state index contributed by atoms with van der Waals surface area (Å²) in [6.45, 7) is 3.77. The second-order valence-corrected chi connectivity index (χ2v) is 4.46. The number of nitrogens with one attached hydrogen (secondary N) is 2. The maximum Gasteiger partial charge on any atom is 0.321 e. The highest BCUT2D eigenvalue weighted by atomic mass is 16.4. The molecule has 102 valence electrons. The van der Waals surface area contributed by atoms with E-state index in [-0.39, 0.29) is 24.8 Å². The third-order valence-electron chi connectivity index (χ3n) is 2.65. The van der Waals surface area contributed by atoms with Gasteiger partial charge in [0.1, 0.15) is 0 Å². The second kappa shape index (κ2) is 6.95. The van der Waals surface area contributed by atoms with Gasteiger partial charge in [0.05, 0.1) is 13.0 Å². The largest absolute Gasteiger partial charge is 0.481 e. The van der Waals surface area contributed by atoms with E-state index in [2.05, 4.69) is 10.6 Å². The Labute approximate surface area is 106 Å². The normalized spacial score (nSPS) is 15.8. The number of carboxylic acids is 1. The van der Waals surface area contributed by atoms with E-state index in [1.165, 1.54) is 0 Å². The minimum Gasteiger partial charge on any atom is -0.481 e. The van der Waals surface area contributed by atoms with E-state index in [1.807, 2.05) is 11.8 Å². The van der Waals surface area contributed by atoms with Gasteiger partial charge in [0.25, 0.3) is 0 Å². The minimum absolute atomic E-state index is 0.115. The van der Waals surface area contributed by atoms with Crippen LogP contribution in [0, 0.1) is 5.92 Å². The van der Waals surface area contributed by atoms with Crippen molar-refractivity contribution >= 4 is 17.9 Å². The van der Waals surface area contributed by atoms with Crippen molar-refractivity contribution in [1.29, 1.82) is 0 Å². The molecule has 7 heteroatoms. The monoisotopic (exact) mass is 257 g/mol. The van der Waals surface area contributed by atoms with Crippen LogP contribution in [0.5, 0.6) is 0 Å². The van der Waals surface area contributed by atoms with Gasteiger partial charge in [-0.2, -0.15) is 0 Å². The molecular weight excluding hydrogens is 238 g/mol. The van der Waals surface area contributed by atoms with Crippen molar-refractivity contribution in [2.24, 2.45) is 5.92 Å². The summed E-state index contributed by atoms with van der Waals surface area (Å²) in [6, 6.07) is -0.482. The number of carboxylic acid groups (broad SMARTS) is 1. The predicted molar refractivity (Wildman–Crippen MR) is 64.0 cm³/mol. The molecule has 1 fully saturated rings. The number of nitrogens with zero attached hydrogens (tertiary/aromatic N) is 1. The maximum atomic E-state index is 11.4. The van der Waals surface area contributed by atoms with Crippen LogP contribution in [0.15, 0.2) is 0 Å². The Morgan fingerprint density at radius 2 is 2.00 bits per heavy atom. The molecule has 1 rings (SSSR count). The maximum absolute atomic E-state index is 11.4. The van der Waals surface area contributed by atoms with E-state index >= 15 is 0 Å². The van der Waals surface area contributed by atoms with Crippen LogP contribution in [-0.2, 0) is 9.59 Å². The number of imide groups is 1. The molecule has 0 bridgehead atoms. The van der Waals surface area contributed by atoms with E-state index in [4.69, 9.17) is 5.11 Å². The zero-order chi connectivity index (χ0) is 13.5. The molecule has 0 aromatic rings. The van der Waals surface area contributed by atoms with Crippen LogP contribution < -0.4 is 10.6 Å². The Morgan fingerprint density at radius 3 is 2.56 bits per heavy atom. The highest BCUT2D eigenvalue weighted by Crippen LogP contribution is 2.17. The summed E-state index contributed by atoms with van der Waals surface area (Å²) < 4.78 is 0. The van der Waals surface area contributed by atoms with Crippen LogP contribution in [0.4, 0.5) is 4.79 Å². The number of carbonyl (C=O) groups is 3. The zero-order valence-electron chi connectivity index (χ0n) is 10.4. The molecular formula is C11H19N3O4. The summed E-state index contributed by atoms with van der Waals surface area (Å²) in [7, 11) is 0. The van der Waals surface area contributed by atoms with Gasteiger partial charge in [0.15, 0.2) is 0 Å². The van der Waals surface area contributed by atoms with Crippen molar-refractivity contribution in [2.75, 3.05) is 26.2 Å². The molecule has 0 spiro atoms. The van der Waals surface area contributed by atoms with Gasteiger partial charge in [-0.1, -0.05) is 6.92 Å². The fourth-order valence-corrected chi connectivity index (χ4v) is 1.83. The Morgan fingerprint density at radius 1 is 1.33 bits per heavy atom. The number of aliphatic carboxylic acids is 1. The summed E-state index contributed by atoms with van der Waals surface area (Å²) in [5.41, 5.74) is 0. The van der Waals surface area contributed by atoms with E-state index in [0.717, 1.165) is 6.42 Å². The van der Waals surface area contributed by atoms with Crippen LogP contribution in [0.2, 0.25) is 0 Å². The lowest BCUT2D eigenvalue weighted by atomic mass is 9.96. The number of hydrogen-bond donors (Lipinski definition) is 3. The highest BCUT2D eigenvalue weighted by molar-refractivity contribution is 5.95. The smallest absolute Gasteiger partial charge is 0.321 e. The lowest BCUT2D eigenvalue weighted by molar-refractivity contribution is -0.139. The molecule has 0 saturated carbocycles. The van der Waals surface area contributed by atoms with Gasteiger partial charge in [-0.15, -0.1) is 0 Å². The van der Waals surface area contributed by atoms with E-state index in [9.17, 15) is 14.4 Å². The number of rotatable bonds is 6. The average Bonchev–Trinajstić information content (AvgIpc) is 2.22. The molecule has 1 aliphatic rings. The highest BCUT2D eigenvalue weighted by Gasteiger charge is 2.29. The predicted octanol–water partition coefficient (Wildman–Crippen LogP) is -0.371. The summed E-state index contributed by atoms with van der Waals surface area (Å²) in [4.78, 5) is 34.8. The summed E-state index contributed by atoms with van der Waals surface area (Å²) in [5, 5.41) is 13.3. The minimum atomic E-state index is -0.817. The Kier molecular flexibility index (Phi) is 5.57. The molecule has 3 N–H and O–H groups in total. The third-order valence-corrected chi connectivity index (χ3v) is 2.65. The van der Waals surface area contributed by atoms with Gasteiger partial charge in [-0.05, 0) is 12.3 Å². The van der Waals surface area contributed by atoms with Gasteiger partial charge in [0, 0.05) is 19.6 Å².